The molecule has 4 aromatic rings. The number of rotatable bonds is 3. The lowest BCUT2D eigenvalue weighted by Crippen LogP contribution is -2.27. The maximum absolute atomic E-state index is 12.5. The molecule has 6 heteroatoms. The highest BCUT2D eigenvalue weighted by molar-refractivity contribution is 7.21. The summed E-state index contributed by atoms with van der Waals surface area (Å²) in [6.45, 7) is 3.56. The number of ketones is 1. The summed E-state index contributed by atoms with van der Waals surface area (Å²) in [7, 11) is 2.16. The second-order valence-corrected chi connectivity index (χ2v) is 8.93. The van der Waals surface area contributed by atoms with E-state index in [1.807, 2.05) is 24.5 Å². The number of nitrogens with zero attached hydrogens (tertiary/aromatic N) is 3. The van der Waals surface area contributed by atoms with Crippen LogP contribution >= 0.6 is 22.7 Å². The normalized spacial score (nSPS) is 14.6. The van der Waals surface area contributed by atoms with E-state index < -0.39 is 0 Å². The number of pyridine rings is 1. The molecule has 0 N–H and O–H groups in total. The molecule has 0 radical (unpaired) electrons. The van der Waals surface area contributed by atoms with Gasteiger partial charge in [-0.2, -0.15) is 0 Å². The summed E-state index contributed by atoms with van der Waals surface area (Å²) in [6, 6.07) is 8.27. The molecular weight excluding hydrogens is 374 g/mol. The average Bonchev–Trinajstić information content (AvgIpc) is 3.39. The minimum Gasteiger partial charge on any atom is -0.322 e. The van der Waals surface area contributed by atoms with E-state index in [4.69, 9.17) is 4.98 Å². The zero-order valence-corrected chi connectivity index (χ0v) is 16.9. The quantitative estimate of drug-likeness (QED) is 0.460. The van der Waals surface area contributed by atoms with Crippen LogP contribution in [0.25, 0.3) is 26.3 Å². The Morgan fingerprint density at radius 1 is 1.22 bits per heavy atom. The Bertz CT molecular complexity index is 1140. The molecule has 0 spiro atoms. The molecule has 0 unspecified atom stereocenters. The van der Waals surface area contributed by atoms with Crippen molar-refractivity contribution in [3.63, 3.8) is 0 Å². The molecule has 0 amide bonds. The molecule has 0 bridgehead atoms. The highest BCUT2D eigenvalue weighted by Gasteiger charge is 2.27. The van der Waals surface area contributed by atoms with Crippen molar-refractivity contribution in [2.45, 2.75) is 19.9 Å². The lowest BCUT2D eigenvalue weighted by Gasteiger charge is -2.26. The highest BCUT2D eigenvalue weighted by atomic mass is 32.1. The van der Waals surface area contributed by atoms with Crippen LogP contribution in [0.2, 0.25) is 0 Å². The van der Waals surface area contributed by atoms with Crippen LogP contribution in [0, 0.1) is 0 Å². The SMILES string of the molecule is CC(=O)c1sc2nc3c(c(-c4cccs4)c2c1-n1cccc1)CN(C)CC3. The first-order valence-corrected chi connectivity index (χ1v) is 10.7. The highest BCUT2D eigenvalue weighted by Crippen LogP contribution is 2.44. The number of carbonyl (C=O) groups is 1. The minimum absolute atomic E-state index is 0.0916. The van der Waals surface area contributed by atoms with E-state index >= 15 is 0 Å². The Labute approximate surface area is 165 Å². The van der Waals surface area contributed by atoms with Gasteiger partial charge in [0.25, 0.3) is 0 Å². The molecule has 1 aliphatic heterocycles. The Balaban J connectivity index is 1.95. The van der Waals surface area contributed by atoms with Crippen LogP contribution in [0.1, 0.15) is 27.9 Å². The Hall–Kier alpha value is -2.28. The van der Waals surface area contributed by atoms with Gasteiger partial charge in [0.15, 0.2) is 5.78 Å². The molecule has 27 heavy (non-hydrogen) atoms. The lowest BCUT2D eigenvalue weighted by molar-refractivity contribution is 0.102. The summed E-state index contributed by atoms with van der Waals surface area (Å²) in [5.74, 6) is 0.0916. The van der Waals surface area contributed by atoms with Crippen molar-refractivity contribution in [3.8, 4) is 16.1 Å². The van der Waals surface area contributed by atoms with Crippen molar-refractivity contribution >= 4 is 38.7 Å². The first-order valence-electron chi connectivity index (χ1n) is 8.98. The van der Waals surface area contributed by atoms with E-state index in [1.165, 1.54) is 33.0 Å². The number of hydrogen-bond acceptors (Lipinski definition) is 5. The van der Waals surface area contributed by atoms with Crippen molar-refractivity contribution in [1.82, 2.24) is 14.5 Å². The van der Waals surface area contributed by atoms with Crippen LogP contribution in [0.4, 0.5) is 0 Å². The van der Waals surface area contributed by atoms with E-state index in [0.29, 0.717) is 0 Å². The third kappa shape index (κ3) is 2.67. The number of carbonyl (C=O) groups excluding carboxylic acids is 1. The average molecular weight is 394 g/mol. The second-order valence-electron chi connectivity index (χ2n) is 6.98. The van der Waals surface area contributed by atoms with Gasteiger partial charge in [0.1, 0.15) is 4.83 Å². The van der Waals surface area contributed by atoms with Crippen LogP contribution in [0.5, 0.6) is 0 Å². The van der Waals surface area contributed by atoms with Crippen LogP contribution in [0.3, 0.4) is 0 Å². The van der Waals surface area contributed by atoms with E-state index in [9.17, 15) is 4.79 Å². The van der Waals surface area contributed by atoms with Gasteiger partial charge >= 0.3 is 0 Å². The number of hydrogen-bond donors (Lipinski definition) is 0. The van der Waals surface area contributed by atoms with E-state index in [1.54, 1.807) is 18.3 Å². The fourth-order valence-corrected chi connectivity index (χ4v) is 5.79. The molecule has 5 heterocycles. The summed E-state index contributed by atoms with van der Waals surface area (Å²) < 4.78 is 2.06. The molecule has 0 saturated heterocycles. The molecule has 5 rings (SSSR count). The molecule has 1 aliphatic rings. The number of likely N-dealkylation sites (N-methyl/N-ethyl adjacent to an activating group) is 1. The maximum atomic E-state index is 12.5. The van der Waals surface area contributed by atoms with Crippen LogP contribution < -0.4 is 0 Å². The van der Waals surface area contributed by atoms with E-state index in [-0.39, 0.29) is 5.78 Å². The van der Waals surface area contributed by atoms with Gasteiger partial charge in [0, 0.05) is 60.3 Å². The zero-order valence-electron chi connectivity index (χ0n) is 15.2. The summed E-state index contributed by atoms with van der Waals surface area (Å²) in [6.07, 6.45) is 4.97. The van der Waals surface area contributed by atoms with Crippen LogP contribution in [-0.4, -0.2) is 33.8 Å². The van der Waals surface area contributed by atoms with Crippen LogP contribution in [0.15, 0.2) is 42.0 Å². The molecule has 4 aromatic heterocycles. The third-order valence-electron chi connectivity index (χ3n) is 5.11. The number of fused-ring (bicyclic) bond motifs is 2. The monoisotopic (exact) mass is 393 g/mol. The van der Waals surface area contributed by atoms with Gasteiger partial charge in [0.2, 0.25) is 0 Å². The molecule has 0 aliphatic carbocycles. The van der Waals surface area contributed by atoms with Gasteiger partial charge in [-0.15, -0.1) is 22.7 Å². The minimum atomic E-state index is 0.0916. The Morgan fingerprint density at radius 3 is 2.74 bits per heavy atom. The van der Waals surface area contributed by atoms with Gasteiger partial charge in [-0.3, -0.25) is 4.79 Å². The predicted octanol–water partition coefficient (Wildman–Crippen LogP) is 5.01. The molecule has 0 atom stereocenters. The fraction of sp³-hybridized carbons (Fsp3) is 0.238. The molecule has 0 fully saturated rings. The van der Waals surface area contributed by atoms with Crippen molar-refractivity contribution in [3.05, 3.63) is 58.2 Å². The molecule has 136 valence electrons. The van der Waals surface area contributed by atoms with Gasteiger partial charge in [-0.05, 0) is 36.2 Å². The Kier molecular flexibility index (Phi) is 4.00. The van der Waals surface area contributed by atoms with Gasteiger partial charge in [-0.25, -0.2) is 4.98 Å². The number of aromatic nitrogens is 2. The summed E-state index contributed by atoms with van der Waals surface area (Å²) in [5, 5.41) is 3.23. The fourth-order valence-electron chi connectivity index (χ4n) is 3.88. The topological polar surface area (TPSA) is 38.1 Å². The van der Waals surface area contributed by atoms with Crippen LogP contribution in [-0.2, 0) is 13.0 Å². The predicted molar refractivity (Wildman–Crippen MR) is 112 cm³/mol. The second kappa shape index (κ2) is 6.41. The van der Waals surface area contributed by atoms with Gasteiger partial charge in [-0.1, -0.05) is 6.07 Å². The van der Waals surface area contributed by atoms with E-state index in [0.717, 1.165) is 40.3 Å². The molecule has 0 saturated carbocycles. The van der Waals surface area contributed by atoms with Crippen molar-refractivity contribution < 1.29 is 4.79 Å². The van der Waals surface area contributed by atoms with Crippen molar-refractivity contribution in [2.24, 2.45) is 0 Å². The van der Waals surface area contributed by atoms with Crippen molar-refractivity contribution in [2.75, 3.05) is 13.6 Å². The van der Waals surface area contributed by atoms with Crippen molar-refractivity contribution in [1.29, 1.82) is 0 Å². The smallest absolute Gasteiger partial charge is 0.171 e. The largest absolute Gasteiger partial charge is 0.322 e. The Morgan fingerprint density at radius 2 is 2.04 bits per heavy atom. The molecule has 0 aromatic carbocycles. The van der Waals surface area contributed by atoms with E-state index in [2.05, 4.69) is 34.0 Å². The first kappa shape index (κ1) is 16.9. The standard InChI is InChI=1S/C21H19N3OS2/c1-13(25)20-19(24-8-3-4-9-24)18-17(16-6-5-11-26-16)14-12-23(2)10-7-15(14)22-21(18)27-20/h3-6,8-9,11H,7,10,12H2,1-2H3. The lowest BCUT2D eigenvalue weighted by atomic mass is 9.96. The van der Waals surface area contributed by atoms with Gasteiger partial charge < -0.3 is 9.47 Å². The zero-order chi connectivity index (χ0) is 18.5. The van der Waals surface area contributed by atoms with Gasteiger partial charge in [0.05, 0.1) is 10.6 Å². The maximum Gasteiger partial charge on any atom is 0.171 e. The summed E-state index contributed by atoms with van der Waals surface area (Å²) in [4.78, 5) is 22.8. The first-order chi connectivity index (χ1) is 13.1. The third-order valence-corrected chi connectivity index (χ3v) is 7.17. The number of Topliss-reactive ketones (excluding diaryl/α,β-unsaturated/α-hetero) is 1. The number of thiophene rings is 2. The summed E-state index contributed by atoms with van der Waals surface area (Å²) >= 11 is 3.28. The molecule has 4 nitrogen and oxygen atoms in total. The summed E-state index contributed by atoms with van der Waals surface area (Å²) in [5.41, 5.74) is 4.71. The molecular formula is C21H19N3OS2.